The fraction of sp³-hybridized carbons (Fsp3) is 0.500. The van der Waals surface area contributed by atoms with Gasteiger partial charge in [-0.2, -0.15) is 0 Å². The Morgan fingerprint density at radius 3 is 1.64 bits per heavy atom. The standard InChI is InChI=1S/C6H6Br2S.C2H6/c1-3-4(2)9-6(8)5(3)7;1-2/h1-2H3;1-2H3. The van der Waals surface area contributed by atoms with E-state index >= 15 is 0 Å². The van der Waals surface area contributed by atoms with Crippen LogP contribution in [0.4, 0.5) is 0 Å². The first-order chi connectivity index (χ1) is 5.13. The highest BCUT2D eigenvalue weighted by Gasteiger charge is 2.05. The Kier molecular flexibility index (Phi) is 5.65. The molecule has 1 aromatic heterocycles. The van der Waals surface area contributed by atoms with Gasteiger partial charge in [-0.3, -0.25) is 0 Å². The summed E-state index contributed by atoms with van der Waals surface area (Å²) in [7, 11) is 0. The van der Waals surface area contributed by atoms with Crippen LogP contribution in [0.3, 0.4) is 0 Å². The van der Waals surface area contributed by atoms with Gasteiger partial charge in [0.2, 0.25) is 0 Å². The van der Waals surface area contributed by atoms with Crippen molar-refractivity contribution in [1.82, 2.24) is 0 Å². The summed E-state index contributed by atoms with van der Waals surface area (Å²) in [5, 5.41) is 0. The molecule has 0 atom stereocenters. The maximum Gasteiger partial charge on any atom is 0.0845 e. The number of rotatable bonds is 0. The lowest BCUT2D eigenvalue weighted by Gasteiger charge is -1.85. The maximum absolute atomic E-state index is 3.46. The first kappa shape index (κ1) is 11.7. The summed E-state index contributed by atoms with van der Waals surface area (Å²) >= 11 is 8.67. The van der Waals surface area contributed by atoms with Crippen molar-refractivity contribution in [2.75, 3.05) is 0 Å². The number of aryl methyl sites for hydroxylation is 1. The minimum Gasteiger partial charge on any atom is -0.132 e. The van der Waals surface area contributed by atoms with Crippen LogP contribution in [0, 0.1) is 13.8 Å². The Labute approximate surface area is 89.3 Å². The van der Waals surface area contributed by atoms with Crippen LogP contribution in [0.15, 0.2) is 8.26 Å². The second kappa shape index (κ2) is 5.33. The van der Waals surface area contributed by atoms with Gasteiger partial charge in [-0.25, -0.2) is 0 Å². The molecule has 64 valence electrons. The van der Waals surface area contributed by atoms with Crippen LogP contribution in [0.2, 0.25) is 0 Å². The molecule has 0 bridgehead atoms. The summed E-state index contributed by atoms with van der Waals surface area (Å²) in [4.78, 5) is 1.37. The summed E-state index contributed by atoms with van der Waals surface area (Å²) in [5.41, 5.74) is 1.34. The molecule has 1 rings (SSSR count). The molecule has 0 unspecified atom stereocenters. The zero-order valence-electron chi connectivity index (χ0n) is 7.16. The van der Waals surface area contributed by atoms with Gasteiger partial charge in [-0.1, -0.05) is 13.8 Å². The Hall–Kier alpha value is 0.660. The molecule has 1 aromatic rings. The molecule has 0 aliphatic heterocycles. The highest BCUT2D eigenvalue weighted by atomic mass is 79.9. The predicted octanol–water partition coefficient (Wildman–Crippen LogP) is 4.92. The van der Waals surface area contributed by atoms with Crippen LogP contribution in [0.25, 0.3) is 0 Å². The molecule has 0 fully saturated rings. The van der Waals surface area contributed by atoms with Crippen molar-refractivity contribution in [2.24, 2.45) is 0 Å². The SMILES string of the molecule is CC.Cc1sc(Br)c(Br)c1C. The van der Waals surface area contributed by atoms with Gasteiger partial charge >= 0.3 is 0 Å². The van der Waals surface area contributed by atoms with Gasteiger partial charge in [0.1, 0.15) is 0 Å². The molecule has 0 amide bonds. The van der Waals surface area contributed by atoms with Crippen molar-refractivity contribution in [3.05, 3.63) is 18.7 Å². The first-order valence-electron chi connectivity index (χ1n) is 3.54. The Balaban J connectivity index is 0.000000461. The van der Waals surface area contributed by atoms with Gasteiger partial charge in [-0.15, -0.1) is 11.3 Å². The van der Waals surface area contributed by atoms with Gasteiger partial charge in [0.05, 0.1) is 3.79 Å². The summed E-state index contributed by atoms with van der Waals surface area (Å²) in [6, 6.07) is 0. The van der Waals surface area contributed by atoms with Crippen LogP contribution in [-0.2, 0) is 0 Å². The van der Waals surface area contributed by atoms with E-state index in [1.807, 2.05) is 13.8 Å². The molecule has 1 heterocycles. The molecule has 0 spiro atoms. The highest BCUT2D eigenvalue weighted by Crippen LogP contribution is 2.35. The van der Waals surface area contributed by atoms with E-state index in [0.29, 0.717) is 0 Å². The molecule has 0 saturated heterocycles. The normalized spacial score (nSPS) is 8.91. The molecular formula is C8H12Br2S. The average molecular weight is 300 g/mol. The van der Waals surface area contributed by atoms with Crippen LogP contribution in [0.5, 0.6) is 0 Å². The van der Waals surface area contributed by atoms with Crippen molar-refractivity contribution in [3.63, 3.8) is 0 Å². The zero-order valence-corrected chi connectivity index (χ0v) is 11.2. The van der Waals surface area contributed by atoms with E-state index in [1.165, 1.54) is 18.7 Å². The molecule has 11 heavy (non-hydrogen) atoms. The maximum atomic E-state index is 3.46. The Morgan fingerprint density at radius 1 is 1.09 bits per heavy atom. The number of hydrogen-bond donors (Lipinski definition) is 0. The Morgan fingerprint density at radius 2 is 1.55 bits per heavy atom. The average Bonchev–Trinajstić information content (AvgIpc) is 2.22. The van der Waals surface area contributed by atoms with Gasteiger partial charge in [0, 0.05) is 9.35 Å². The van der Waals surface area contributed by atoms with Crippen molar-refractivity contribution < 1.29 is 0 Å². The van der Waals surface area contributed by atoms with Gasteiger partial charge in [-0.05, 0) is 51.3 Å². The van der Waals surface area contributed by atoms with E-state index in [9.17, 15) is 0 Å². The summed E-state index contributed by atoms with van der Waals surface area (Å²) in [6.07, 6.45) is 0. The number of hydrogen-bond acceptors (Lipinski definition) is 1. The molecule has 0 nitrogen and oxygen atoms in total. The third kappa shape index (κ3) is 2.88. The van der Waals surface area contributed by atoms with E-state index in [4.69, 9.17) is 0 Å². The monoisotopic (exact) mass is 298 g/mol. The number of thiophene rings is 1. The summed E-state index contributed by atoms with van der Waals surface area (Å²) in [6.45, 7) is 8.23. The fourth-order valence-electron chi connectivity index (χ4n) is 0.558. The minimum atomic E-state index is 1.19. The highest BCUT2D eigenvalue weighted by molar-refractivity contribution is 9.13. The zero-order chi connectivity index (χ0) is 9.02. The van der Waals surface area contributed by atoms with Crippen molar-refractivity contribution in [1.29, 1.82) is 0 Å². The molecule has 0 saturated carbocycles. The van der Waals surface area contributed by atoms with Crippen LogP contribution < -0.4 is 0 Å². The second-order valence-corrected chi connectivity index (χ2v) is 5.21. The van der Waals surface area contributed by atoms with Gasteiger partial charge < -0.3 is 0 Å². The third-order valence-corrected chi connectivity index (χ3v) is 4.94. The largest absolute Gasteiger partial charge is 0.132 e. The third-order valence-electron chi connectivity index (χ3n) is 1.27. The molecule has 3 heteroatoms. The second-order valence-electron chi connectivity index (χ2n) is 1.87. The summed E-state index contributed by atoms with van der Waals surface area (Å²) in [5.74, 6) is 0. The first-order valence-corrected chi connectivity index (χ1v) is 5.94. The van der Waals surface area contributed by atoms with Gasteiger partial charge in [0.25, 0.3) is 0 Å². The molecule has 0 aliphatic carbocycles. The lowest BCUT2D eigenvalue weighted by molar-refractivity contribution is 1.41. The Bertz CT molecular complexity index is 206. The van der Waals surface area contributed by atoms with Crippen molar-refractivity contribution in [2.45, 2.75) is 27.7 Å². The van der Waals surface area contributed by atoms with E-state index < -0.39 is 0 Å². The molecule has 0 radical (unpaired) electrons. The molecular weight excluding hydrogens is 288 g/mol. The van der Waals surface area contributed by atoms with Crippen molar-refractivity contribution in [3.8, 4) is 0 Å². The minimum absolute atomic E-state index is 1.19. The van der Waals surface area contributed by atoms with Gasteiger partial charge in [0.15, 0.2) is 0 Å². The van der Waals surface area contributed by atoms with Crippen LogP contribution >= 0.6 is 43.2 Å². The fourth-order valence-corrected chi connectivity index (χ4v) is 3.02. The molecule has 0 N–H and O–H groups in total. The smallest absolute Gasteiger partial charge is 0.0845 e. The molecule has 0 aliphatic rings. The topological polar surface area (TPSA) is 0 Å². The number of halogens is 2. The predicted molar refractivity (Wildman–Crippen MR) is 60.5 cm³/mol. The lowest BCUT2D eigenvalue weighted by Crippen LogP contribution is -1.66. The van der Waals surface area contributed by atoms with Crippen LogP contribution in [-0.4, -0.2) is 0 Å². The van der Waals surface area contributed by atoms with E-state index in [0.717, 1.165) is 0 Å². The van der Waals surface area contributed by atoms with Crippen molar-refractivity contribution >= 4 is 43.2 Å². The summed E-state index contributed by atoms with van der Waals surface area (Å²) < 4.78 is 2.39. The van der Waals surface area contributed by atoms with E-state index in [1.54, 1.807) is 11.3 Å². The van der Waals surface area contributed by atoms with E-state index in [2.05, 4.69) is 45.7 Å². The van der Waals surface area contributed by atoms with E-state index in [-0.39, 0.29) is 0 Å². The molecule has 0 aromatic carbocycles. The quantitative estimate of drug-likeness (QED) is 0.638. The lowest BCUT2D eigenvalue weighted by atomic mass is 10.3. The van der Waals surface area contributed by atoms with Crippen LogP contribution in [0.1, 0.15) is 24.3 Å².